The van der Waals surface area contributed by atoms with Crippen LogP contribution in [-0.2, 0) is 0 Å². The Hall–Kier alpha value is -4.67. The highest BCUT2D eigenvalue weighted by Crippen LogP contribution is 2.24. The molecule has 0 saturated carbocycles. The summed E-state index contributed by atoms with van der Waals surface area (Å²) >= 11 is 0. The van der Waals surface area contributed by atoms with Crippen LogP contribution in [0.1, 0.15) is 0 Å². The molecule has 0 spiro atoms. The smallest absolute Gasteiger partial charge is 0.182 e. The maximum absolute atomic E-state index is 15.9. The van der Waals surface area contributed by atoms with Gasteiger partial charge in [0, 0.05) is 11.1 Å². The topological polar surface area (TPSA) is 0 Å². The minimum atomic E-state index is -3.18. The van der Waals surface area contributed by atoms with E-state index in [1.807, 2.05) is 103 Å². The van der Waals surface area contributed by atoms with Crippen molar-refractivity contribution in [1.29, 1.82) is 0 Å². The van der Waals surface area contributed by atoms with E-state index < -0.39 is 8.07 Å². The second-order valence-electron chi connectivity index (χ2n) is 9.71. The molecule has 0 N–H and O–H groups in total. The SMILES string of the molecule is Fc1ccccc1-c1ccc([Si](c2ccccc2)(c2ccc(-c3ccccc3F)cc2)c2ccccc2F)cc1. The standard InChI is InChI=1S/C36H25F3Si/c37-33-14-6-4-12-31(33)26-18-22-29(23-19-26)40(28-10-2-1-3-11-28,36-17-9-8-16-35(36)39)30-24-20-27(21-25-30)32-13-5-7-15-34(32)38/h1-25H. The molecule has 40 heavy (non-hydrogen) atoms. The van der Waals surface area contributed by atoms with Crippen LogP contribution in [0.4, 0.5) is 13.2 Å². The average molecular weight is 543 g/mol. The lowest BCUT2D eigenvalue weighted by atomic mass is 10.1. The van der Waals surface area contributed by atoms with Crippen molar-refractivity contribution < 1.29 is 13.2 Å². The highest BCUT2D eigenvalue weighted by atomic mass is 28.3. The van der Waals surface area contributed by atoms with Gasteiger partial charge in [0.2, 0.25) is 0 Å². The zero-order chi connectivity index (χ0) is 27.5. The van der Waals surface area contributed by atoms with Gasteiger partial charge >= 0.3 is 0 Å². The van der Waals surface area contributed by atoms with Gasteiger partial charge in [0.1, 0.15) is 17.5 Å². The van der Waals surface area contributed by atoms with Crippen molar-refractivity contribution in [3.05, 3.63) is 169 Å². The molecule has 0 nitrogen and oxygen atoms in total. The molecule has 0 heterocycles. The molecule has 0 aromatic heterocycles. The molecule has 0 bridgehead atoms. The van der Waals surface area contributed by atoms with E-state index in [1.165, 1.54) is 18.2 Å². The third-order valence-electron chi connectivity index (χ3n) is 7.49. The van der Waals surface area contributed by atoms with Crippen LogP contribution in [0.5, 0.6) is 0 Å². The quantitative estimate of drug-likeness (QED) is 0.160. The summed E-state index contributed by atoms with van der Waals surface area (Å²) in [5.74, 6) is -0.867. The van der Waals surface area contributed by atoms with E-state index >= 15 is 4.39 Å². The van der Waals surface area contributed by atoms with Gasteiger partial charge in [0.25, 0.3) is 0 Å². The Kier molecular flexibility index (Phi) is 6.93. The highest BCUT2D eigenvalue weighted by molar-refractivity contribution is 7.19. The third-order valence-corrected chi connectivity index (χ3v) is 12.3. The molecule has 0 aliphatic heterocycles. The van der Waals surface area contributed by atoms with Crippen LogP contribution in [-0.4, -0.2) is 8.07 Å². The predicted octanol–water partition coefficient (Wildman–Crippen LogP) is 6.82. The van der Waals surface area contributed by atoms with Gasteiger partial charge in [-0.05, 0) is 50.1 Å². The first-order chi connectivity index (χ1) is 19.6. The molecule has 4 heteroatoms. The van der Waals surface area contributed by atoms with Crippen LogP contribution < -0.4 is 20.7 Å². The molecule has 0 saturated heterocycles. The zero-order valence-corrected chi connectivity index (χ0v) is 22.6. The first-order valence-corrected chi connectivity index (χ1v) is 15.1. The van der Waals surface area contributed by atoms with E-state index in [0.29, 0.717) is 16.3 Å². The molecule has 0 fully saturated rings. The number of halogens is 3. The summed E-state index contributed by atoms with van der Waals surface area (Å²) < 4.78 is 45.1. The van der Waals surface area contributed by atoms with Gasteiger partial charge < -0.3 is 0 Å². The summed E-state index contributed by atoms with van der Waals surface area (Å²) in [5, 5.41) is 3.56. The van der Waals surface area contributed by atoms with Crippen molar-refractivity contribution in [3.63, 3.8) is 0 Å². The molecule has 0 aliphatic carbocycles. The zero-order valence-electron chi connectivity index (χ0n) is 21.6. The number of hydrogen-bond donors (Lipinski definition) is 0. The molecular formula is C36H25F3Si. The summed E-state index contributed by atoms with van der Waals surface area (Å²) in [6.45, 7) is 0. The van der Waals surface area contributed by atoms with Crippen molar-refractivity contribution in [2.45, 2.75) is 0 Å². The Labute approximate surface area is 233 Å². The molecule has 0 amide bonds. The van der Waals surface area contributed by atoms with E-state index in [2.05, 4.69) is 0 Å². The van der Waals surface area contributed by atoms with Gasteiger partial charge in [-0.25, -0.2) is 13.2 Å². The Balaban J connectivity index is 1.61. The minimum Gasteiger partial charge on any atom is -0.207 e. The summed E-state index contributed by atoms with van der Waals surface area (Å²) in [4.78, 5) is 0. The fourth-order valence-corrected chi connectivity index (χ4v) is 10.4. The van der Waals surface area contributed by atoms with Crippen molar-refractivity contribution in [2.75, 3.05) is 0 Å². The first kappa shape index (κ1) is 25.6. The van der Waals surface area contributed by atoms with Gasteiger partial charge in [-0.2, -0.15) is 0 Å². The van der Waals surface area contributed by atoms with E-state index in [4.69, 9.17) is 0 Å². The Morgan fingerprint density at radius 1 is 0.325 bits per heavy atom. The summed E-state index contributed by atoms with van der Waals surface area (Å²) in [6, 6.07) is 45.9. The first-order valence-electron chi connectivity index (χ1n) is 13.1. The third kappa shape index (κ3) is 4.46. The van der Waals surface area contributed by atoms with Gasteiger partial charge in [-0.3, -0.25) is 0 Å². The Morgan fingerprint density at radius 2 is 0.700 bits per heavy atom. The van der Waals surface area contributed by atoms with Gasteiger partial charge in [0.05, 0.1) is 0 Å². The monoisotopic (exact) mass is 542 g/mol. The molecular weight excluding hydrogens is 517 g/mol. The summed E-state index contributed by atoms with van der Waals surface area (Å²) in [7, 11) is -3.18. The molecule has 6 rings (SSSR count). The molecule has 0 radical (unpaired) electrons. The summed E-state index contributed by atoms with van der Waals surface area (Å²) in [6.07, 6.45) is 0. The molecule has 0 aliphatic rings. The van der Waals surface area contributed by atoms with Gasteiger partial charge in [-0.15, -0.1) is 0 Å². The molecule has 6 aromatic rings. The maximum Gasteiger partial charge on any atom is 0.182 e. The van der Waals surface area contributed by atoms with Gasteiger partial charge in [-0.1, -0.05) is 133 Å². The van der Waals surface area contributed by atoms with Crippen LogP contribution in [0.15, 0.2) is 152 Å². The lowest BCUT2D eigenvalue weighted by Crippen LogP contribution is -2.75. The van der Waals surface area contributed by atoms with Crippen LogP contribution >= 0.6 is 0 Å². The maximum atomic E-state index is 15.9. The van der Waals surface area contributed by atoms with E-state index in [1.54, 1.807) is 30.3 Å². The van der Waals surface area contributed by atoms with Crippen LogP contribution in [0.2, 0.25) is 0 Å². The molecule has 6 aromatic carbocycles. The second-order valence-corrected chi connectivity index (χ2v) is 13.5. The average Bonchev–Trinajstić information content (AvgIpc) is 3.00. The largest absolute Gasteiger partial charge is 0.207 e. The molecule has 0 atom stereocenters. The predicted molar refractivity (Wildman–Crippen MR) is 161 cm³/mol. The lowest BCUT2D eigenvalue weighted by molar-refractivity contribution is 0.631. The van der Waals surface area contributed by atoms with Crippen molar-refractivity contribution in [1.82, 2.24) is 0 Å². The fourth-order valence-electron chi connectivity index (χ4n) is 5.61. The van der Waals surface area contributed by atoms with Crippen molar-refractivity contribution in [2.24, 2.45) is 0 Å². The van der Waals surface area contributed by atoms with Crippen LogP contribution in [0.3, 0.4) is 0 Å². The number of benzene rings is 6. The normalized spacial score (nSPS) is 11.4. The fraction of sp³-hybridized carbons (Fsp3) is 0. The lowest BCUT2D eigenvalue weighted by Gasteiger charge is -2.34. The molecule has 0 unspecified atom stereocenters. The number of hydrogen-bond acceptors (Lipinski definition) is 0. The van der Waals surface area contributed by atoms with Crippen molar-refractivity contribution in [3.8, 4) is 22.3 Å². The Bertz CT molecular complexity index is 1670. The molecule has 194 valence electrons. The van der Waals surface area contributed by atoms with Crippen LogP contribution in [0, 0.1) is 17.5 Å². The van der Waals surface area contributed by atoms with Crippen molar-refractivity contribution >= 4 is 28.8 Å². The minimum absolute atomic E-state index is 0.283. The highest BCUT2D eigenvalue weighted by Gasteiger charge is 2.43. The second kappa shape index (κ2) is 10.8. The summed E-state index contributed by atoms with van der Waals surface area (Å²) in [5.41, 5.74) is 2.53. The van der Waals surface area contributed by atoms with Crippen LogP contribution in [0.25, 0.3) is 22.3 Å². The van der Waals surface area contributed by atoms with E-state index in [-0.39, 0.29) is 17.5 Å². The van der Waals surface area contributed by atoms with E-state index in [0.717, 1.165) is 26.7 Å². The van der Waals surface area contributed by atoms with Gasteiger partial charge in [0.15, 0.2) is 8.07 Å². The number of rotatable bonds is 6. The van der Waals surface area contributed by atoms with E-state index in [9.17, 15) is 8.78 Å². The Morgan fingerprint density at radius 3 is 1.15 bits per heavy atom.